The van der Waals surface area contributed by atoms with Crippen molar-refractivity contribution in [2.24, 2.45) is 17.3 Å². The van der Waals surface area contributed by atoms with E-state index in [1.807, 2.05) is 51.1 Å². The Morgan fingerprint density at radius 3 is 2.61 bits per heavy atom. The smallest absolute Gasteiger partial charge is 0.368 e. The number of benzene rings is 2. The van der Waals surface area contributed by atoms with Crippen LogP contribution in [0.15, 0.2) is 64.0 Å². The van der Waals surface area contributed by atoms with Crippen molar-refractivity contribution >= 4 is 17.7 Å². The minimum atomic E-state index is -0.342. The topological polar surface area (TPSA) is 86.7 Å². The fraction of sp³-hybridized carbons (Fsp3) is 0.261. The second-order valence-corrected chi connectivity index (χ2v) is 7.04. The summed E-state index contributed by atoms with van der Waals surface area (Å²) in [6.07, 6.45) is 2.29. The van der Waals surface area contributed by atoms with Crippen LogP contribution < -0.4 is 5.69 Å². The fourth-order valence-electron chi connectivity index (χ4n) is 3.02. The lowest BCUT2D eigenvalue weighted by molar-refractivity contribution is 0.282. The van der Waals surface area contributed by atoms with Gasteiger partial charge >= 0.3 is 5.69 Å². The summed E-state index contributed by atoms with van der Waals surface area (Å²) in [5.41, 5.74) is 4.83. The first kappa shape index (κ1) is 21.9. The number of ether oxygens (including phenoxy) is 1. The van der Waals surface area contributed by atoms with Gasteiger partial charge in [-0.2, -0.15) is 14.5 Å². The van der Waals surface area contributed by atoms with Crippen molar-refractivity contribution in [3.63, 3.8) is 0 Å². The Morgan fingerprint density at radius 1 is 1.19 bits per heavy atom. The third-order valence-corrected chi connectivity index (χ3v) is 4.79. The number of aromatic nitrogens is 4. The molecule has 0 spiro atoms. The van der Waals surface area contributed by atoms with E-state index in [2.05, 4.69) is 33.3 Å². The van der Waals surface area contributed by atoms with Crippen molar-refractivity contribution < 1.29 is 4.74 Å². The summed E-state index contributed by atoms with van der Waals surface area (Å²) in [7, 11) is 1.55. The molecule has 160 valence electrons. The summed E-state index contributed by atoms with van der Waals surface area (Å²) in [6.45, 7) is 9.95. The summed E-state index contributed by atoms with van der Waals surface area (Å²) in [6, 6.07) is 13.6. The third kappa shape index (κ3) is 5.03. The van der Waals surface area contributed by atoms with Gasteiger partial charge < -0.3 is 4.74 Å². The molecule has 0 saturated carbocycles. The van der Waals surface area contributed by atoms with Gasteiger partial charge in [-0.3, -0.25) is 0 Å². The van der Waals surface area contributed by atoms with E-state index in [9.17, 15) is 4.79 Å². The van der Waals surface area contributed by atoms with Gasteiger partial charge in [0.25, 0.3) is 0 Å². The number of hydrogen-bond donors (Lipinski definition) is 0. The summed E-state index contributed by atoms with van der Waals surface area (Å²) < 4.78 is 8.38. The maximum atomic E-state index is 12.3. The zero-order valence-electron chi connectivity index (χ0n) is 18.2. The summed E-state index contributed by atoms with van der Waals surface area (Å²) in [5.74, 6) is 0.489. The zero-order chi connectivity index (χ0) is 22.4. The molecule has 0 saturated heterocycles. The van der Waals surface area contributed by atoms with Crippen LogP contribution in [0.1, 0.15) is 42.5 Å². The van der Waals surface area contributed by atoms with E-state index in [0.29, 0.717) is 18.0 Å². The number of aryl methyl sites for hydroxylation is 2. The van der Waals surface area contributed by atoms with E-state index in [4.69, 9.17) is 4.74 Å². The average molecular weight is 419 g/mol. The van der Waals surface area contributed by atoms with Gasteiger partial charge in [-0.05, 0) is 41.5 Å². The van der Waals surface area contributed by atoms with Crippen LogP contribution in [0.5, 0.6) is 0 Å². The predicted octanol–water partition coefficient (Wildman–Crippen LogP) is 3.67. The minimum Gasteiger partial charge on any atom is -0.475 e. The maximum Gasteiger partial charge on any atom is 0.368 e. The van der Waals surface area contributed by atoms with E-state index in [-0.39, 0.29) is 12.3 Å². The standard InChI is InChI=1S/C23H26N6O2/c1-6-18-11-9-13-21(29-23(30)28(5)26-27-29)20(18)15-31-22(7-2)25-24-17(4)19-12-8-10-16(3)14-19/h6,8-14H,1,7,15H2,2-5H3/b24-17+,25-22+. The van der Waals surface area contributed by atoms with Crippen molar-refractivity contribution in [3.05, 3.63) is 81.8 Å². The number of nitrogens with zero attached hydrogens (tertiary/aromatic N) is 6. The molecule has 0 aliphatic carbocycles. The molecular weight excluding hydrogens is 392 g/mol. The Labute approximate surface area is 181 Å². The first-order valence-electron chi connectivity index (χ1n) is 9.99. The minimum absolute atomic E-state index is 0.187. The lowest BCUT2D eigenvalue weighted by atomic mass is 10.1. The Kier molecular flexibility index (Phi) is 6.92. The van der Waals surface area contributed by atoms with Crippen molar-refractivity contribution in [1.29, 1.82) is 0 Å². The van der Waals surface area contributed by atoms with Crippen LogP contribution in [0, 0.1) is 6.92 Å². The first-order chi connectivity index (χ1) is 14.9. The van der Waals surface area contributed by atoms with E-state index in [1.54, 1.807) is 19.2 Å². The van der Waals surface area contributed by atoms with Gasteiger partial charge in [0.1, 0.15) is 6.61 Å². The average Bonchev–Trinajstić information content (AvgIpc) is 3.11. The molecule has 0 radical (unpaired) electrons. The van der Waals surface area contributed by atoms with Gasteiger partial charge in [-0.1, -0.05) is 61.5 Å². The van der Waals surface area contributed by atoms with Gasteiger partial charge in [-0.15, -0.1) is 5.10 Å². The van der Waals surface area contributed by atoms with Crippen LogP contribution in [-0.2, 0) is 18.4 Å². The molecule has 8 heteroatoms. The summed E-state index contributed by atoms with van der Waals surface area (Å²) >= 11 is 0. The number of rotatable bonds is 7. The molecule has 1 aromatic heterocycles. The molecule has 0 aliphatic rings. The quantitative estimate of drug-likeness (QED) is 0.333. The number of tetrazole rings is 1. The highest BCUT2D eigenvalue weighted by Crippen LogP contribution is 2.20. The van der Waals surface area contributed by atoms with Crippen LogP contribution >= 0.6 is 0 Å². The van der Waals surface area contributed by atoms with Crippen molar-refractivity contribution in [3.8, 4) is 5.69 Å². The molecular formula is C23H26N6O2. The zero-order valence-corrected chi connectivity index (χ0v) is 18.2. The van der Waals surface area contributed by atoms with Gasteiger partial charge in [0.05, 0.1) is 11.4 Å². The molecule has 0 bridgehead atoms. The Balaban J connectivity index is 1.87. The monoisotopic (exact) mass is 418 g/mol. The molecule has 1 heterocycles. The second kappa shape index (κ2) is 9.80. The predicted molar refractivity (Wildman–Crippen MR) is 123 cm³/mol. The molecule has 31 heavy (non-hydrogen) atoms. The van der Waals surface area contributed by atoms with Gasteiger partial charge in [0, 0.05) is 19.0 Å². The van der Waals surface area contributed by atoms with Crippen molar-refractivity contribution in [2.75, 3.05) is 0 Å². The van der Waals surface area contributed by atoms with E-state index in [0.717, 1.165) is 28.0 Å². The molecule has 8 nitrogen and oxygen atoms in total. The molecule has 3 rings (SSSR count). The van der Waals surface area contributed by atoms with E-state index in [1.165, 1.54) is 9.36 Å². The summed E-state index contributed by atoms with van der Waals surface area (Å²) in [4.78, 5) is 12.3. The van der Waals surface area contributed by atoms with Crippen LogP contribution in [0.4, 0.5) is 0 Å². The maximum absolute atomic E-state index is 12.3. The lowest BCUT2D eigenvalue weighted by Gasteiger charge is -2.13. The van der Waals surface area contributed by atoms with Crippen molar-refractivity contribution in [2.45, 2.75) is 33.8 Å². The molecule has 0 amide bonds. The van der Waals surface area contributed by atoms with Crippen LogP contribution in [0.2, 0.25) is 0 Å². The lowest BCUT2D eigenvalue weighted by Crippen LogP contribution is -2.23. The Hall–Kier alpha value is -3.81. The molecule has 0 aliphatic heterocycles. The molecule has 0 fully saturated rings. The van der Waals surface area contributed by atoms with Crippen molar-refractivity contribution in [1.82, 2.24) is 19.8 Å². The highest BCUT2D eigenvalue weighted by Gasteiger charge is 2.14. The molecule has 3 aromatic rings. The molecule has 0 atom stereocenters. The van der Waals surface area contributed by atoms with E-state index < -0.39 is 0 Å². The highest BCUT2D eigenvalue weighted by molar-refractivity contribution is 5.99. The van der Waals surface area contributed by atoms with E-state index >= 15 is 0 Å². The van der Waals surface area contributed by atoms with Gasteiger partial charge in [0.15, 0.2) is 0 Å². The SMILES string of the molecule is C=Cc1cccc(-n2nnn(C)c2=O)c1CO/C(CC)=N/N=C(\C)c1cccc(C)c1. The Morgan fingerprint density at radius 2 is 1.97 bits per heavy atom. The molecule has 0 N–H and O–H groups in total. The Bertz CT molecular complexity index is 1200. The normalized spacial score (nSPS) is 12.1. The van der Waals surface area contributed by atoms with Gasteiger partial charge in [-0.25, -0.2) is 4.79 Å². The molecule has 0 unspecified atom stereocenters. The number of hydrogen-bond acceptors (Lipinski definition) is 6. The van der Waals surface area contributed by atoms with Crippen LogP contribution in [0.25, 0.3) is 11.8 Å². The first-order valence-corrected chi connectivity index (χ1v) is 9.99. The van der Waals surface area contributed by atoms with Gasteiger partial charge in [0.2, 0.25) is 5.90 Å². The largest absolute Gasteiger partial charge is 0.475 e. The molecule has 2 aromatic carbocycles. The third-order valence-electron chi connectivity index (χ3n) is 4.79. The fourth-order valence-corrected chi connectivity index (χ4v) is 3.02. The summed E-state index contributed by atoms with van der Waals surface area (Å²) in [5, 5.41) is 16.4. The highest BCUT2D eigenvalue weighted by atomic mass is 16.5. The van der Waals surface area contributed by atoms with Crippen LogP contribution in [-0.4, -0.2) is 31.4 Å². The second-order valence-electron chi connectivity index (χ2n) is 7.04. The van der Waals surface area contributed by atoms with Crippen LogP contribution in [0.3, 0.4) is 0 Å².